The molecule has 172 valence electrons. The van der Waals surface area contributed by atoms with Gasteiger partial charge in [0.05, 0.1) is 25.9 Å². The van der Waals surface area contributed by atoms with E-state index in [0.717, 1.165) is 19.3 Å². The van der Waals surface area contributed by atoms with Crippen molar-refractivity contribution < 1.29 is 43.8 Å². The van der Waals surface area contributed by atoms with Gasteiger partial charge in [-0.25, -0.2) is 4.79 Å². The van der Waals surface area contributed by atoms with Crippen LogP contribution in [0.4, 0.5) is 0 Å². The number of hydrogen-bond donors (Lipinski definition) is 3. The fourth-order valence-electron chi connectivity index (χ4n) is 4.56. The molecule has 0 bridgehead atoms. The normalized spacial score (nSPS) is 35.4. The van der Waals surface area contributed by atoms with Gasteiger partial charge in [0, 0.05) is 18.9 Å². The first-order valence-electron chi connectivity index (χ1n) is 10.8. The molecule has 31 heavy (non-hydrogen) atoms. The molecule has 1 aromatic rings. The zero-order chi connectivity index (χ0) is 22.1. The number of esters is 1. The fraction of sp³-hybridized carbons (Fsp3) is 0.682. The molecule has 0 unspecified atom stereocenters. The largest absolute Gasteiger partial charge is 0.496 e. The SMILES string of the molecule is COc1cc(O[C@H]2O[C@H](CO)[C@@H](O)[C@H]2O)cc2c1C(=O)O[C@@H](C[C@H]1CCC[C@H](C)O1)C2. The van der Waals surface area contributed by atoms with E-state index in [9.17, 15) is 20.1 Å². The molecular formula is C22H30O9. The van der Waals surface area contributed by atoms with Gasteiger partial charge in [-0.3, -0.25) is 0 Å². The van der Waals surface area contributed by atoms with Crippen molar-refractivity contribution in [2.24, 2.45) is 0 Å². The zero-order valence-electron chi connectivity index (χ0n) is 17.7. The summed E-state index contributed by atoms with van der Waals surface area (Å²) in [6, 6.07) is 3.21. The monoisotopic (exact) mass is 438 g/mol. The highest BCUT2D eigenvalue weighted by Gasteiger charge is 2.44. The van der Waals surface area contributed by atoms with Gasteiger partial charge in [-0.2, -0.15) is 0 Å². The number of hydrogen-bond acceptors (Lipinski definition) is 9. The molecule has 0 aliphatic carbocycles. The van der Waals surface area contributed by atoms with Gasteiger partial charge in [0.15, 0.2) is 0 Å². The minimum atomic E-state index is -1.32. The molecule has 0 spiro atoms. The first kappa shape index (κ1) is 22.3. The van der Waals surface area contributed by atoms with Crippen LogP contribution in [0.15, 0.2) is 12.1 Å². The second-order valence-electron chi connectivity index (χ2n) is 8.45. The molecule has 0 aromatic heterocycles. The molecule has 9 nitrogen and oxygen atoms in total. The van der Waals surface area contributed by atoms with Gasteiger partial charge in [-0.1, -0.05) is 0 Å². The third kappa shape index (κ3) is 4.65. The molecule has 2 saturated heterocycles. The van der Waals surface area contributed by atoms with E-state index in [1.165, 1.54) is 13.2 Å². The number of cyclic esters (lactones) is 1. The maximum absolute atomic E-state index is 12.7. The predicted octanol–water partition coefficient (Wildman–Crippen LogP) is 0.942. The average molecular weight is 438 g/mol. The van der Waals surface area contributed by atoms with Crippen LogP contribution in [0, 0.1) is 0 Å². The van der Waals surface area contributed by atoms with Crippen LogP contribution in [0.1, 0.15) is 48.5 Å². The highest BCUT2D eigenvalue weighted by atomic mass is 16.7. The van der Waals surface area contributed by atoms with Crippen molar-refractivity contribution in [1.29, 1.82) is 0 Å². The van der Waals surface area contributed by atoms with Gasteiger partial charge in [0.1, 0.15) is 41.5 Å². The van der Waals surface area contributed by atoms with Gasteiger partial charge in [-0.05, 0) is 37.8 Å². The first-order valence-corrected chi connectivity index (χ1v) is 10.8. The standard InChI is InChI=1S/C22H30O9/c1-11-4-3-5-13(28-11)8-14-6-12-7-15(9-16(27-2)18(12)21(26)29-14)30-22-20(25)19(24)17(10-23)31-22/h7,9,11,13-14,17,19-20,22-25H,3-6,8,10H2,1-2H3/t11-,13+,14+,17+,19+,20+,22-/m0/s1. The van der Waals surface area contributed by atoms with E-state index in [1.54, 1.807) is 6.07 Å². The molecule has 1 aromatic carbocycles. The van der Waals surface area contributed by atoms with Gasteiger partial charge in [0.2, 0.25) is 6.29 Å². The summed E-state index contributed by atoms with van der Waals surface area (Å²) in [5.74, 6) is 0.165. The molecule has 3 heterocycles. The summed E-state index contributed by atoms with van der Waals surface area (Å²) in [6.45, 7) is 1.61. The number of fused-ring (bicyclic) bond motifs is 1. The van der Waals surface area contributed by atoms with Crippen LogP contribution in [-0.2, 0) is 20.6 Å². The number of carbonyl (C=O) groups is 1. The summed E-state index contributed by atoms with van der Waals surface area (Å²) in [5, 5.41) is 29.3. The number of benzene rings is 1. The zero-order valence-corrected chi connectivity index (χ0v) is 17.7. The summed E-state index contributed by atoms with van der Waals surface area (Å²) in [5.41, 5.74) is 1.07. The lowest BCUT2D eigenvalue weighted by Gasteiger charge is -2.32. The van der Waals surface area contributed by atoms with Gasteiger partial charge in [0.25, 0.3) is 0 Å². The second kappa shape index (κ2) is 9.30. The van der Waals surface area contributed by atoms with Crippen molar-refractivity contribution in [2.75, 3.05) is 13.7 Å². The molecule has 3 aliphatic heterocycles. The molecule has 3 aliphatic rings. The van der Waals surface area contributed by atoms with E-state index in [-0.39, 0.29) is 18.3 Å². The Hall–Kier alpha value is -1.91. The number of methoxy groups -OCH3 is 1. The molecule has 0 radical (unpaired) electrons. The number of ether oxygens (including phenoxy) is 5. The van der Waals surface area contributed by atoms with Crippen LogP contribution >= 0.6 is 0 Å². The summed E-state index contributed by atoms with van der Waals surface area (Å²) < 4.78 is 28.1. The van der Waals surface area contributed by atoms with Gasteiger partial charge < -0.3 is 39.0 Å². The maximum Gasteiger partial charge on any atom is 0.342 e. The van der Waals surface area contributed by atoms with Crippen LogP contribution in [0.2, 0.25) is 0 Å². The van der Waals surface area contributed by atoms with E-state index in [4.69, 9.17) is 23.7 Å². The Morgan fingerprint density at radius 2 is 1.94 bits per heavy atom. The lowest BCUT2D eigenvalue weighted by Crippen LogP contribution is -2.36. The predicted molar refractivity (Wildman–Crippen MR) is 107 cm³/mol. The van der Waals surface area contributed by atoms with E-state index in [0.29, 0.717) is 35.5 Å². The lowest BCUT2D eigenvalue weighted by molar-refractivity contribution is -0.116. The van der Waals surface area contributed by atoms with Crippen molar-refractivity contribution in [3.63, 3.8) is 0 Å². The Labute approximate surface area is 180 Å². The Morgan fingerprint density at radius 3 is 2.61 bits per heavy atom. The van der Waals surface area contributed by atoms with E-state index in [1.807, 2.05) is 0 Å². The second-order valence-corrected chi connectivity index (χ2v) is 8.45. The highest BCUT2D eigenvalue weighted by molar-refractivity contribution is 5.95. The number of rotatable bonds is 6. The van der Waals surface area contributed by atoms with Crippen molar-refractivity contribution >= 4 is 5.97 Å². The molecule has 9 heteroatoms. The minimum absolute atomic E-state index is 0.0587. The van der Waals surface area contributed by atoms with Crippen molar-refractivity contribution in [3.05, 3.63) is 23.3 Å². The first-order chi connectivity index (χ1) is 14.9. The van der Waals surface area contributed by atoms with Crippen LogP contribution in [0.5, 0.6) is 11.5 Å². The smallest absolute Gasteiger partial charge is 0.342 e. The molecule has 7 atom stereocenters. The van der Waals surface area contributed by atoms with Crippen LogP contribution < -0.4 is 9.47 Å². The number of carbonyl (C=O) groups excluding carboxylic acids is 1. The minimum Gasteiger partial charge on any atom is -0.496 e. The van der Waals surface area contributed by atoms with Gasteiger partial charge >= 0.3 is 5.97 Å². The molecular weight excluding hydrogens is 408 g/mol. The van der Waals surface area contributed by atoms with E-state index >= 15 is 0 Å². The molecule has 0 saturated carbocycles. The Morgan fingerprint density at radius 1 is 1.13 bits per heavy atom. The van der Waals surface area contributed by atoms with Crippen LogP contribution in [0.3, 0.4) is 0 Å². The van der Waals surface area contributed by atoms with Crippen LogP contribution in [0.25, 0.3) is 0 Å². The van der Waals surface area contributed by atoms with E-state index in [2.05, 4.69) is 6.92 Å². The third-order valence-corrected chi connectivity index (χ3v) is 6.14. The Bertz CT molecular complexity index is 797. The third-order valence-electron chi connectivity index (χ3n) is 6.14. The van der Waals surface area contributed by atoms with Crippen LogP contribution in [-0.4, -0.2) is 77.9 Å². The molecule has 4 rings (SSSR count). The number of aliphatic hydroxyl groups excluding tert-OH is 3. The van der Waals surface area contributed by atoms with Crippen molar-refractivity contribution in [3.8, 4) is 11.5 Å². The summed E-state index contributed by atoms with van der Waals surface area (Å²) in [6.07, 6.45) is -0.514. The Balaban J connectivity index is 1.52. The quantitative estimate of drug-likeness (QED) is 0.557. The van der Waals surface area contributed by atoms with Gasteiger partial charge in [-0.15, -0.1) is 0 Å². The summed E-state index contributed by atoms with van der Waals surface area (Å²) in [4.78, 5) is 12.7. The molecule has 2 fully saturated rings. The van der Waals surface area contributed by atoms with Crippen molar-refractivity contribution in [2.45, 2.75) is 81.9 Å². The summed E-state index contributed by atoms with van der Waals surface area (Å²) >= 11 is 0. The topological polar surface area (TPSA) is 124 Å². The van der Waals surface area contributed by atoms with E-state index < -0.39 is 37.2 Å². The molecule has 0 amide bonds. The number of aliphatic hydroxyl groups is 3. The highest BCUT2D eigenvalue weighted by Crippen LogP contribution is 2.36. The maximum atomic E-state index is 12.7. The molecule has 3 N–H and O–H groups in total. The Kier molecular flexibility index (Phi) is 6.68. The summed E-state index contributed by atoms with van der Waals surface area (Å²) in [7, 11) is 1.45. The van der Waals surface area contributed by atoms with Crippen molar-refractivity contribution in [1.82, 2.24) is 0 Å². The average Bonchev–Trinajstić information content (AvgIpc) is 3.00. The fourth-order valence-corrected chi connectivity index (χ4v) is 4.56. The lowest BCUT2D eigenvalue weighted by atomic mass is 9.92.